The predicted octanol–water partition coefficient (Wildman–Crippen LogP) is 3.68. The highest BCUT2D eigenvalue weighted by atomic mass is 16.2. The number of aromatic nitrogens is 1. The van der Waals surface area contributed by atoms with Crippen molar-refractivity contribution >= 4 is 28.4 Å². The van der Waals surface area contributed by atoms with Crippen LogP contribution in [0, 0.1) is 6.92 Å². The molecule has 0 atom stereocenters. The predicted molar refractivity (Wildman–Crippen MR) is 112 cm³/mol. The fourth-order valence-electron chi connectivity index (χ4n) is 5.12. The number of carbonyl (C=O) groups excluding carboxylic acids is 2. The first-order chi connectivity index (χ1) is 14.1. The zero-order valence-corrected chi connectivity index (χ0v) is 16.3. The number of allylic oxidation sites excluding steroid dienone is 1. The molecule has 0 aliphatic carbocycles. The Balaban J connectivity index is 1.59. The molecule has 5 nitrogen and oxygen atoms in total. The van der Waals surface area contributed by atoms with Gasteiger partial charge in [0.15, 0.2) is 0 Å². The highest BCUT2D eigenvalue weighted by molar-refractivity contribution is 6.05. The maximum Gasteiger partial charge on any atom is 0.258 e. The summed E-state index contributed by atoms with van der Waals surface area (Å²) < 4.78 is 1.90. The van der Waals surface area contributed by atoms with Crippen molar-refractivity contribution in [3.63, 3.8) is 0 Å². The van der Waals surface area contributed by atoms with Gasteiger partial charge in [-0.25, -0.2) is 0 Å². The quantitative estimate of drug-likeness (QED) is 0.644. The van der Waals surface area contributed by atoms with Crippen LogP contribution in [0.2, 0.25) is 0 Å². The second-order valence-corrected chi connectivity index (χ2v) is 8.11. The van der Waals surface area contributed by atoms with Crippen LogP contribution in [-0.2, 0) is 6.42 Å². The molecule has 0 saturated heterocycles. The average Bonchev–Trinajstić information content (AvgIpc) is 3.08. The highest BCUT2D eigenvalue weighted by Crippen LogP contribution is 2.44. The molecule has 6 rings (SSSR count). The summed E-state index contributed by atoms with van der Waals surface area (Å²) in [5.41, 5.74) is 7.01. The third kappa shape index (κ3) is 2.21. The molecule has 0 unspecified atom stereocenters. The monoisotopic (exact) mass is 383 g/mol. The van der Waals surface area contributed by atoms with Crippen LogP contribution in [0.4, 0.5) is 0 Å². The maximum atomic E-state index is 13.3. The van der Waals surface area contributed by atoms with Gasteiger partial charge < -0.3 is 9.80 Å². The average molecular weight is 383 g/mol. The second kappa shape index (κ2) is 5.83. The lowest BCUT2D eigenvalue weighted by atomic mass is 9.94. The van der Waals surface area contributed by atoms with Crippen molar-refractivity contribution in [3.8, 4) is 0 Å². The molecule has 0 radical (unpaired) electrons. The number of rotatable bonds is 1. The minimum Gasteiger partial charge on any atom is -0.366 e. The smallest absolute Gasteiger partial charge is 0.258 e. The van der Waals surface area contributed by atoms with E-state index in [1.807, 2.05) is 39.8 Å². The number of fused-ring (bicyclic) bond motifs is 3. The van der Waals surface area contributed by atoms with Gasteiger partial charge in [0.2, 0.25) is 5.91 Å². The minimum absolute atomic E-state index is 0.0203. The summed E-state index contributed by atoms with van der Waals surface area (Å²) in [5, 5.41) is 1.17. The maximum absolute atomic E-state index is 13.3. The van der Waals surface area contributed by atoms with Gasteiger partial charge in [-0.3, -0.25) is 14.2 Å². The molecule has 2 aromatic carbocycles. The summed E-state index contributed by atoms with van der Waals surface area (Å²) in [6, 6.07) is 15.7. The van der Waals surface area contributed by atoms with E-state index in [0.29, 0.717) is 12.1 Å². The van der Waals surface area contributed by atoms with E-state index >= 15 is 0 Å². The van der Waals surface area contributed by atoms with E-state index in [9.17, 15) is 9.59 Å². The Hall–Kier alpha value is -3.34. The number of nitrogens with zero attached hydrogens (tertiary/aromatic N) is 3. The normalized spacial score (nSPS) is 17.8. The van der Waals surface area contributed by atoms with Gasteiger partial charge in [-0.05, 0) is 42.7 Å². The number of carbonyl (C=O) groups is 2. The summed E-state index contributed by atoms with van der Waals surface area (Å²) >= 11 is 0. The van der Waals surface area contributed by atoms with Gasteiger partial charge in [0.05, 0.1) is 29.0 Å². The number of hydrogen-bond donors (Lipinski definition) is 0. The molecule has 3 aliphatic rings. The molecule has 0 spiro atoms. The van der Waals surface area contributed by atoms with Crippen LogP contribution in [0.15, 0.2) is 54.2 Å². The zero-order valence-electron chi connectivity index (χ0n) is 16.3. The molecule has 1 aromatic heterocycles. The number of aryl methyl sites for hydroxylation is 1. The van der Waals surface area contributed by atoms with Crippen molar-refractivity contribution < 1.29 is 9.59 Å². The van der Waals surface area contributed by atoms with Gasteiger partial charge in [-0.15, -0.1) is 0 Å². The van der Waals surface area contributed by atoms with Crippen molar-refractivity contribution in [2.75, 3.05) is 19.6 Å². The Bertz CT molecular complexity index is 1240. The van der Waals surface area contributed by atoms with Gasteiger partial charge in [-0.2, -0.15) is 0 Å². The summed E-state index contributed by atoms with van der Waals surface area (Å²) in [7, 11) is 0. The fourth-order valence-corrected chi connectivity index (χ4v) is 5.12. The molecule has 144 valence electrons. The Kier molecular flexibility index (Phi) is 3.34. The van der Waals surface area contributed by atoms with Gasteiger partial charge >= 0.3 is 0 Å². The van der Waals surface area contributed by atoms with E-state index in [1.54, 1.807) is 0 Å². The summed E-state index contributed by atoms with van der Waals surface area (Å²) in [6.45, 7) is 4.41. The molecule has 0 bridgehead atoms. The van der Waals surface area contributed by atoms with Crippen LogP contribution < -0.4 is 0 Å². The lowest BCUT2D eigenvalue weighted by Crippen LogP contribution is -2.48. The lowest BCUT2D eigenvalue weighted by Gasteiger charge is -2.44. The van der Waals surface area contributed by atoms with E-state index in [0.717, 1.165) is 47.7 Å². The summed E-state index contributed by atoms with van der Waals surface area (Å²) in [5.74, 6) is 0.0308. The first-order valence-electron chi connectivity index (χ1n) is 10.2. The first-order valence-corrected chi connectivity index (χ1v) is 10.2. The van der Waals surface area contributed by atoms with Crippen molar-refractivity contribution in [2.45, 2.75) is 19.8 Å². The summed E-state index contributed by atoms with van der Waals surface area (Å²) in [4.78, 5) is 30.7. The van der Waals surface area contributed by atoms with E-state index in [-0.39, 0.29) is 18.2 Å². The molecule has 0 fully saturated rings. The van der Waals surface area contributed by atoms with Crippen LogP contribution in [-0.4, -0.2) is 45.8 Å². The topological polar surface area (TPSA) is 45.6 Å². The first kappa shape index (κ1) is 16.6. The molecule has 29 heavy (non-hydrogen) atoms. The van der Waals surface area contributed by atoms with Crippen molar-refractivity contribution in [3.05, 3.63) is 76.6 Å². The van der Waals surface area contributed by atoms with Crippen LogP contribution >= 0.6 is 0 Å². The minimum atomic E-state index is -0.0203. The summed E-state index contributed by atoms with van der Waals surface area (Å²) in [6.07, 6.45) is 1.19. The second-order valence-electron chi connectivity index (χ2n) is 8.11. The van der Waals surface area contributed by atoms with Gasteiger partial charge in [0.1, 0.15) is 0 Å². The SMILES string of the molecule is Cc1ccc2c3c4n(c2c1)C(=O)CC1=C4N(CC3)CCN1C(=O)c1ccccc1. The van der Waals surface area contributed by atoms with Gasteiger partial charge in [0.25, 0.3) is 5.91 Å². The molecule has 3 aromatic rings. The molecule has 0 saturated carbocycles. The number of benzene rings is 2. The van der Waals surface area contributed by atoms with Crippen LogP contribution in [0.1, 0.15) is 38.4 Å². The number of hydrogen-bond acceptors (Lipinski definition) is 3. The molecule has 3 aliphatic heterocycles. The van der Waals surface area contributed by atoms with E-state index in [4.69, 9.17) is 0 Å². The number of amides is 1. The molecule has 0 N–H and O–H groups in total. The lowest BCUT2D eigenvalue weighted by molar-refractivity contribution is 0.0753. The van der Waals surface area contributed by atoms with Gasteiger partial charge in [0, 0.05) is 30.6 Å². The fraction of sp³-hybridized carbons (Fsp3) is 0.250. The van der Waals surface area contributed by atoms with Crippen molar-refractivity contribution in [2.24, 2.45) is 0 Å². The Morgan fingerprint density at radius 2 is 1.83 bits per heavy atom. The van der Waals surface area contributed by atoms with Crippen LogP contribution in [0.3, 0.4) is 0 Å². The van der Waals surface area contributed by atoms with Gasteiger partial charge in [-0.1, -0.05) is 30.3 Å². The van der Waals surface area contributed by atoms with Crippen molar-refractivity contribution in [1.29, 1.82) is 0 Å². The van der Waals surface area contributed by atoms with E-state index < -0.39 is 0 Å². The Morgan fingerprint density at radius 3 is 2.66 bits per heavy atom. The third-order valence-electron chi connectivity index (χ3n) is 6.43. The molecular weight excluding hydrogens is 362 g/mol. The Morgan fingerprint density at radius 1 is 1.00 bits per heavy atom. The van der Waals surface area contributed by atoms with E-state index in [1.165, 1.54) is 10.9 Å². The molecular formula is C24H21N3O2. The Labute approximate surface area is 168 Å². The van der Waals surface area contributed by atoms with Crippen molar-refractivity contribution in [1.82, 2.24) is 14.4 Å². The zero-order chi connectivity index (χ0) is 19.7. The largest absolute Gasteiger partial charge is 0.366 e. The standard InChI is InChI=1S/C24H21N3O2/c1-15-7-8-17-18-9-10-25-11-12-26(24(29)16-5-3-2-4-6-16)20-14-21(28)27(19(17)13-15)22(18)23(20)25/h2-8,13H,9-12,14H2,1H3. The molecule has 5 heteroatoms. The third-order valence-corrected chi connectivity index (χ3v) is 6.43. The van der Waals surface area contributed by atoms with Crippen LogP contribution in [0.5, 0.6) is 0 Å². The van der Waals surface area contributed by atoms with E-state index in [2.05, 4.69) is 30.0 Å². The highest BCUT2D eigenvalue weighted by Gasteiger charge is 2.41. The van der Waals surface area contributed by atoms with Crippen LogP contribution in [0.25, 0.3) is 16.6 Å². The molecule has 4 heterocycles. The molecule has 1 amide bonds.